The summed E-state index contributed by atoms with van der Waals surface area (Å²) >= 11 is 0. The van der Waals surface area contributed by atoms with E-state index < -0.39 is 6.04 Å². The van der Waals surface area contributed by atoms with Crippen molar-refractivity contribution in [3.05, 3.63) is 70.4 Å². The first-order valence-corrected chi connectivity index (χ1v) is 8.58. The van der Waals surface area contributed by atoms with Crippen molar-refractivity contribution in [1.29, 1.82) is 0 Å². The van der Waals surface area contributed by atoms with E-state index in [4.69, 9.17) is 4.74 Å². The summed E-state index contributed by atoms with van der Waals surface area (Å²) in [5.41, 5.74) is 4.63. The lowest BCUT2D eigenvalue weighted by Gasteiger charge is -2.26. The molecule has 0 bridgehead atoms. The number of hydrogen-bond donors (Lipinski definition) is 1. The molecule has 2 amide bonds. The lowest BCUT2D eigenvalue weighted by Crippen LogP contribution is -2.36. The topological polar surface area (TPSA) is 62.4 Å². The number of fused-ring (bicyclic) bond motifs is 3. The number of nitrogens with one attached hydrogen (secondary N) is 1. The molecule has 2 heterocycles. The molecule has 132 valence electrons. The first kappa shape index (κ1) is 16.5. The predicted molar refractivity (Wildman–Crippen MR) is 99.3 cm³/mol. The van der Waals surface area contributed by atoms with E-state index in [1.807, 2.05) is 56.4 Å². The number of imide groups is 1. The third-order valence-electron chi connectivity index (χ3n) is 5.26. The molecular weight excluding hydrogens is 328 g/mol. The standard InChI is InChI=1S/C21H20N2O3/c1-12-13(2)19-15(9-10-22-19)18-17(12)20(24)23(21(18)25)16(11-26-3)14-7-5-4-6-8-14/h4-10,16,22H,11H2,1-3H3/t16-/m0/s1. The first-order chi connectivity index (χ1) is 12.6. The molecule has 5 nitrogen and oxygen atoms in total. The van der Waals surface area contributed by atoms with Crippen molar-refractivity contribution >= 4 is 22.7 Å². The van der Waals surface area contributed by atoms with Crippen molar-refractivity contribution in [2.24, 2.45) is 0 Å². The highest BCUT2D eigenvalue weighted by molar-refractivity contribution is 6.27. The van der Waals surface area contributed by atoms with Crippen molar-refractivity contribution in [3.63, 3.8) is 0 Å². The minimum Gasteiger partial charge on any atom is -0.382 e. The third kappa shape index (κ3) is 2.21. The molecule has 5 heteroatoms. The Morgan fingerprint density at radius 1 is 1.00 bits per heavy atom. The minimum atomic E-state index is -0.456. The fourth-order valence-corrected chi connectivity index (χ4v) is 3.84. The van der Waals surface area contributed by atoms with Crippen LogP contribution in [0.4, 0.5) is 0 Å². The second-order valence-electron chi connectivity index (χ2n) is 6.63. The minimum absolute atomic E-state index is 0.250. The fourth-order valence-electron chi connectivity index (χ4n) is 3.84. The highest BCUT2D eigenvalue weighted by Crippen LogP contribution is 2.38. The number of ether oxygens (including phenoxy) is 1. The Bertz CT molecular complexity index is 1020. The Hall–Kier alpha value is -2.92. The van der Waals surface area contributed by atoms with Gasteiger partial charge in [-0.2, -0.15) is 0 Å². The summed E-state index contributed by atoms with van der Waals surface area (Å²) in [6.07, 6.45) is 1.81. The molecule has 0 radical (unpaired) electrons. The summed E-state index contributed by atoms with van der Waals surface area (Å²) in [4.78, 5) is 31.1. The number of methoxy groups -OCH3 is 1. The first-order valence-electron chi connectivity index (χ1n) is 8.58. The second kappa shape index (κ2) is 6.11. The molecule has 0 saturated heterocycles. The Morgan fingerprint density at radius 2 is 1.69 bits per heavy atom. The van der Waals surface area contributed by atoms with Gasteiger partial charge in [-0.05, 0) is 36.6 Å². The Labute approximate surface area is 151 Å². The van der Waals surface area contributed by atoms with Crippen LogP contribution in [-0.4, -0.2) is 35.4 Å². The lowest BCUT2D eigenvalue weighted by molar-refractivity contribution is 0.0469. The van der Waals surface area contributed by atoms with Crippen LogP contribution in [0.2, 0.25) is 0 Å². The number of aromatic nitrogens is 1. The van der Waals surface area contributed by atoms with Crippen molar-refractivity contribution in [3.8, 4) is 0 Å². The maximum atomic E-state index is 13.3. The van der Waals surface area contributed by atoms with Gasteiger partial charge in [0.15, 0.2) is 0 Å². The molecule has 1 atom stereocenters. The number of H-pyrrole nitrogens is 1. The normalized spacial score (nSPS) is 15.0. The maximum Gasteiger partial charge on any atom is 0.262 e. The summed E-state index contributed by atoms with van der Waals surface area (Å²) in [5, 5.41) is 0.799. The van der Waals surface area contributed by atoms with Crippen LogP contribution in [0.25, 0.3) is 10.9 Å². The van der Waals surface area contributed by atoms with Crippen LogP contribution < -0.4 is 0 Å². The van der Waals surface area contributed by atoms with Gasteiger partial charge in [0.1, 0.15) is 0 Å². The van der Waals surface area contributed by atoms with E-state index in [-0.39, 0.29) is 18.4 Å². The van der Waals surface area contributed by atoms with E-state index in [2.05, 4.69) is 4.98 Å². The summed E-state index contributed by atoms with van der Waals surface area (Å²) in [5.74, 6) is -0.511. The van der Waals surface area contributed by atoms with Gasteiger partial charge in [-0.1, -0.05) is 30.3 Å². The van der Waals surface area contributed by atoms with Crippen molar-refractivity contribution < 1.29 is 14.3 Å². The lowest BCUT2D eigenvalue weighted by atomic mass is 9.95. The second-order valence-corrected chi connectivity index (χ2v) is 6.63. The van der Waals surface area contributed by atoms with E-state index in [0.717, 1.165) is 27.6 Å². The summed E-state index contributed by atoms with van der Waals surface area (Å²) in [6.45, 7) is 4.12. The largest absolute Gasteiger partial charge is 0.382 e. The number of nitrogens with zero attached hydrogens (tertiary/aromatic N) is 1. The van der Waals surface area contributed by atoms with Gasteiger partial charge in [0, 0.05) is 24.2 Å². The average molecular weight is 348 g/mol. The molecule has 0 unspecified atom stereocenters. The number of benzene rings is 2. The summed E-state index contributed by atoms with van der Waals surface area (Å²) < 4.78 is 5.34. The van der Waals surface area contributed by atoms with Crippen LogP contribution in [0.1, 0.15) is 43.4 Å². The average Bonchev–Trinajstić information content (AvgIpc) is 3.22. The summed E-state index contributed by atoms with van der Waals surface area (Å²) in [6, 6.07) is 10.9. The molecule has 0 spiro atoms. The molecule has 0 fully saturated rings. The maximum absolute atomic E-state index is 13.3. The van der Waals surface area contributed by atoms with E-state index in [9.17, 15) is 9.59 Å². The van der Waals surface area contributed by atoms with E-state index in [1.165, 1.54) is 4.90 Å². The van der Waals surface area contributed by atoms with Crippen LogP contribution in [0.5, 0.6) is 0 Å². The van der Waals surface area contributed by atoms with E-state index in [0.29, 0.717) is 11.1 Å². The number of rotatable bonds is 4. The van der Waals surface area contributed by atoms with Crippen molar-refractivity contribution in [1.82, 2.24) is 9.88 Å². The molecule has 2 aromatic carbocycles. The number of hydrogen-bond acceptors (Lipinski definition) is 3. The van der Waals surface area contributed by atoms with Crippen LogP contribution in [-0.2, 0) is 4.74 Å². The number of aryl methyl sites for hydroxylation is 1. The SMILES string of the molecule is COC[C@@H](c1ccccc1)N1C(=O)c2c(C)c(C)c3[nH]ccc3c2C1=O. The molecule has 26 heavy (non-hydrogen) atoms. The number of amides is 2. The Morgan fingerprint density at radius 3 is 2.38 bits per heavy atom. The molecule has 1 aliphatic rings. The van der Waals surface area contributed by atoms with Gasteiger partial charge in [0.05, 0.1) is 23.8 Å². The van der Waals surface area contributed by atoms with Crippen molar-refractivity contribution in [2.75, 3.05) is 13.7 Å². The van der Waals surface area contributed by atoms with E-state index in [1.54, 1.807) is 7.11 Å². The Kier molecular flexibility index (Phi) is 3.89. The molecule has 4 rings (SSSR count). The van der Waals surface area contributed by atoms with Gasteiger partial charge in [-0.3, -0.25) is 14.5 Å². The quantitative estimate of drug-likeness (QED) is 0.730. The van der Waals surface area contributed by atoms with Gasteiger partial charge in [0.2, 0.25) is 0 Å². The monoisotopic (exact) mass is 348 g/mol. The molecule has 1 aliphatic heterocycles. The van der Waals surface area contributed by atoms with Crippen LogP contribution in [0.15, 0.2) is 42.6 Å². The van der Waals surface area contributed by atoms with Gasteiger partial charge in [0.25, 0.3) is 11.8 Å². The van der Waals surface area contributed by atoms with Gasteiger partial charge >= 0.3 is 0 Å². The number of carbonyl (C=O) groups is 2. The Balaban J connectivity index is 1.91. The van der Waals surface area contributed by atoms with Crippen LogP contribution >= 0.6 is 0 Å². The molecule has 0 aliphatic carbocycles. The van der Waals surface area contributed by atoms with Gasteiger partial charge < -0.3 is 9.72 Å². The highest BCUT2D eigenvalue weighted by atomic mass is 16.5. The smallest absolute Gasteiger partial charge is 0.262 e. The molecular formula is C21H20N2O3. The van der Waals surface area contributed by atoms with Crippen molar-refractivity contribution in [2.45, 2.75) is 19.9 Å². The molecule has 1 aromatic heterocycles. The number of aromatic amines is 1. The summed E-state index contributed by atoms with van der Waals surface area (Å²) in [7, 11) is 1.58. The van der Waals surface area contributed by atoms with Crippen LogP contribution in [0.3, 0.4) is 0 Å². The zero-order chi connectivity index (χ0) is 18.4. The zero-order valence-corrected chi connectivity index (χ0v) is 15.0. The number of carbonyl (C=O) groups excluding carboxylic acids is 2. The predicted octanol–water partition coefficient (Wildman–Crippen LogP) is 3.77. The van der Waals surface area contributed by atoms with E-state index >= 15 is 0 Å². The fraction of sp³-hybridized carbons (Fsp3) is 0.238. The van der Waals surface area contributed by atoms with Gasteiger partial charge in [-0.15, -0.1) is 0 Å². The van der Waals surface area contributed by atoms with Gasteiger partial charge in [-0.25, -0.2) is 0 Å². The third-order valence-corrected chi connectivity index (χ3v) is 5.26. The molecule has 1 N–H and O–H groups in total. The zero-order valence-electron chi connectivity index (χ0n) is 15.0. The van der Waals surface area contributed by atoms with Crippen LogP contribution in [0, 0.1) is 13.8 Å². The molecule has 0 saturated carbocycles. The molecule has 3 aromatic rings. The highest BCUT2D eigenvalue weighted by Gasteiger charge is 2.43.